The molecule has 0 unspecified atom stereocenters. The standard InChI is InChI=1S/C26H28N4O2/c31-25-26(32-24-12-11-22(30(24)25)20-9-5-2-6-10-20)13-15-29(16-14-26)23-17-21(27-18-28-23)19-7-3-1-4-8-19/h1,3-5,7-10,17-18,22,24H,2,6,11-16H2/t22-,24+/m0/s1. The maximum atomic E-state index is 13.6. The average Bonchev–Trinajstić information content (AvgIpc) is 3.39. The third kappa shape index (κ3) is 3.25. The Kier molecular flexibility index (Phi) is 4.83. The maximum Gasteiger partial charge on any atom is 0.257 e. The van der Waals surface area contributed by atoms with E-state index in [0.717, 1.165) is 55.8 Å². The van der Waals surface area contributed by atoms with E-state index >= 15 is 0 Å². The van der Waals surface area contributed by atoms with Gasteiger partial charge in [-0.05, 0) is 31.3 Å². The summed E-state index contributed by atoms with van der Waals surface area (Å²) >= 11 is 0. The molecule has 0 saturated carbocycles. The summed E-state index contributed by atoms with van der Waals surface area (Å²) in [6.07, 6.45) is 13.8. The fourth-order valence-electron chi connectivity index (χ4n) is 5.64. The molecular formula is C26H28N4O2. The van der Waals surface area contributed by atoms with E-state index in [2.05, 4.69) is 50.1 Å². The van der Waals surface area contributed by atoms with Crippen LogP contribution >= 0.6 is 0 Å². The van der Waals surface area contributed by atoms with Crippen LogP contribution in [0.5, 0.6) is 0 Å². The Bertz CT molecular complexity index is 1070. The molecule has 0 N–H and O–H groups in total. The number of carbonyl (C=O) groups is 1. The highest BCUT2D eigenvalue weighted by molar-refractivity contribution is 5.88. The summed E-state index contributed by atoms with van der Waals surface area (Å²) in [7, 11) is 0. The van der Waals surface area contributed by atoms with Crippen LogP contribution in [0, 0.1) is 0 Å². The van der Waals surface area contributed by atoms with Gasteiger partial charge in [-0.3, -0.25) is 4.79 Å². The Morgan fingerprint density at radius 3 is 2.66 bits per heavy atom. The predicted octanol–water partition coefficient (Wildman–Crippen LogP) is 4.11. The first-order valence-corrected chi connectivity index (χ1v) is 11.7. The zero-order valence-corrected chi connectivity index (χ0v) is 18.2. The molecule has 0 radical (unpaired) electrons. The number of hydrogen-bond donors (Lipinski definition) is 0. The SMILES string of the molecule is O=C1N2[C@@H](CC[C@H]2C2=CCCC=C2)OC12CCN(c1cc(-c3ccccc3)ncn1)CC2. The lowest BCUT2D eigenvalue weighted by atomic mass is 9.89. The summed E-state index contributed by atoms with van der Waals surface area (Å²) in [6, 6.07) is 12.4. The van der Waals surface area contributed by atoms with E-state index in [0.29, 0.717) is 12.8 Å². The monoisotopic (exact) mass is 428 g/mol. The second kappa shape index (κ2) is 7.85. The molecule has 3 saturated heterocycles. The van der Waals surface area contributed by atoms with Crippen molar-refractivity contribution in [1.82, 2.24) is 14.9 Å². The number of nitrogens with zero attached hydrogens (tertiary/aromatic N) is 4. The molecule has 1 aromatic heterocycles. The first-order chi connectivity index (χ1) is 15.7. The molecule has 1 amide bonds. The van der Waals surface area contributed by atoms with Crippen LogP contribution in [0.4, 0.5) is 5.82 Å². The predicted molar refractivity (Wildman–Crippen MR) is 123 cm³/mol. The van der Waals surface area contributed by atoms with Gasteiger partial charge >= 0.3 is 0 Å². The number of fused-ring (bicyclic) bond motifs is 1. The van der Waals surface area contributed by atoms with E-state index in [4.69, 9.17) is 4.74 Å². The van der Waals surface area contributed by atoms with Crippen LogP contribution in [0.1, 0.15) is 38.5 Å². The number of benzene rings is 1. The van der Waals surface area contributed by atoms with E-state index in [1.165, 1.54) is 5.57 Å². The van der Waals surface area contributed by atoms with Crippen LogP contribution in [0.25, 0.3) is 11.3 Å². The summed E-state index contributed by atoms with van der Waals surface area (Å²) in [5.41, 5.74) is 2.62. The van der Waals surface area contributed by atoms with Crippen LogP contribution in [0.2, 0.25) is 0 Å². The minimum absolute atomic E-state index is 0.0704. The zero-order valence-electron chi connectivity index (χ0n) is 18.2. The normalized spacial score (nSPS) is 26.5. The summed E-state index contributed by atoms with van der Waals surface area (Å²) in [4.78, 5) is 26.9. The van der Waals surface area contributed by atoms with Crippen molar-refractivity contribution in [3.63, 3.8) is 0 Å². The fraction of sp³-hybridized carbons (Fsp3) is 0.423. The largest absolute Gasteiger partial charge is 0.356 e. The lowest BCUT2D eigenvalue weighted by Crippen LogP contribution is -2.51. The molecule has 32 heavy (non-hydrogen) atoms. The van der Waals surface area contributed by atoms with Crippen LogP contribution in [-0.2, 0) is 9.53 Å². The molecule has 1 aromatic carbocycles. The van der Waals surface area contributed by atoms with Gasteiger partial charge in [-0.2, -0.15) is 0 Å². The molecule has 4 aliphatic rings. The van der Waals surface area contributed by atoms with E-state index in [1.807, 2.05) is 24.3 Å². The second-order valence-corrected chi connectivity index (χ2v) is 9.17. The smallest absolute Gasteiger partial charge is 0.257 e. The molecular weight excluding hydrogens is 400 g/mol. The van der Waals surface area contributed by atoms with Gasteiger partial charge in [0.1, 0.15) is 18.4 Å². The molecule has 1 aliphatic carbocycles. The summed E-state index contributed by atoms with van der Waals surface area (Å²) in [5, 5.41) is 0. The van der Waals surface area contributed by atoms with Gasteiger partial charge in [0.2, 0.25) is 0 Å². The van der Waals surface area contributed by atoms with E-state index in [-0.39, 0.29) is 18.2 Å². The molecule has 6 heteroatoms. The number of anilines is 1. The summed E-state index contributed by atoms with van der Waals surface area (Å²) < 4.78 is 6.49. The number of hydrogen-bond acceptors (Lipinski definition) is 5. The van der Waals surface area contributed by atoms with Gasteiger partial charge < -0.3 is 14.5 Å². The molecule has 3 aliphatic heterocycles. The van der Waals surface area contributed by atoms with Crippen LogP contribution < -0.4 is 4.90 Å². The lowest BCUT2D eigenvalue weighted by molar-refractivity contribution is -0.140. The number of carbonyl (C=O) groups excluding carboxylic acids is 1. The van der Waals surface area contributed by atoms with Crippen molar-refractivity contribution in [3.8, 4) is 11.3 Å². The van der Waals surface area contributed by atoms with Gasteiger partial charge in [-0.1, -0.05) is 48.6 Å². The average molecular weight is 429 g/mol. The van der Waals surface area contributed by atoms with Crippen molar-refractivity contribution in [2.45, 2.75) is 56.4 Å². The van der Waals surface area contributed by atoms with Gasteiger partial charge in [0.15, 0.2) is 5.60 Å². The quantitative estimate of drug-likeness (QED) is 0.737. The summed E-state index contributed by atoms with van der Waals surface area (Å²) in [5.74, 6) is 1.10. The number of amides is 1. The molecule has 164 valence electrons. The molecule has 2 aromatic rings. The molecule has 2 atom stereocenters. The minimum Gasteiger partial charge on any atom is -0.356 e. The molecule has 1 spiro atoms. The number of aromatic nitrogens is 2. The van der Waals surface area contributed by atoms with Gasteiger partial charge in [0.25, 0.3) is 5.91 Å². The number of rotatable bonds is 3. The molecule has 0 bridgehead atoms. The second-order valence-electron chi connectivity index (χ2n) is 9.17. The van der Waals surface area contributed by atoms with Crippen molar-refractivity contribution in [2.75, 3.05) is 18.0 Å². The van der Waals surface area contributed by atoms with Gasteiger partial charge in [0.05, 0.1) is 11.7 Å². The van der Waals surface area contributed by atoms with Crippen molar-refractivity contribution >= 4 is 11.7 Å². The van der Waals surface area contributed by atoms with Crippen LogP contribution in [0.15, 0.2) is 66.5 Å². The van der Waals surface area contributed by atoms with Crippen molar-refractivity contribution < 1.29 is 9.53 Å². The van der Waals surface area contributed by atoms with Crippen molar-refractivity contribution in [2.24, 2.45) is 0 Å². The zero-order chi connectivity index (χ0) is 21.5. The topological polar surface area (TPSA) is 58.6 Å². The van der Waals surface area contributed by atoms with E-state index in [9.17, 15) is 4.79 Å². The van der Waals surface area contributed by atoms with Gasteiger partial charge in [-0.25, -0.2) is 9.97 Å². The van der Waals surface area contributed by atoms with E-state index < -0.39 is 5.60 Å². The maximum absolute atomic E-state index is 13.6. The molecule has 4 heterocycles. The van der Waals surface area contributed by atoms with Gasteiger partial charge in [-0.15, -0.1) is 0 Å². The lowest BCUT2D eigenvalue weighted by Gasteiger charge is -2.38. The Labute approximate surface area is 188 Å². The molecule has 6 nitrogen and oxygen atoms in total. The molecule has 6 rings (SSSR count). The highest BCUT2D eigenvalue weighted by atomic mass is 16.6. The summed E-state index contributed by atoms with van der Waals surface area (Å²) in [6.45, 7) is 1.51. The first-order valence-electron chi connectivity index (χ1n) is 11.7. The van der Waals surface area contributed by atoms with E-state index in [1.54, 1.807) is 6.33 Å². The van der Waals surface area contributed by atoms with Crippen molar-refractivity contribution in [1.29, 1.82) is 0 Å². The minimum atomic E-state index is -0.673. The highest BCUT2D eigenvalue weighted by Crippen LogP contribution is 2.45. The number of ether oxygens (including phenoxy) is 1. The van der Waals surface area contributed by atoms with Crippen LogP contribution in [-0.4, -0.2) is 51.7 Å². The molecule has 3 fully saturated rings. The number of piperidine rings is 1. The Hall–Kier alpha value is -2.99. The Balaban J connectivity index is 1.17. The van der Waals surface area contributed by atoms with Gasteiger partial charge in [0, 0.05) is 37.6 Å². The third-order valence-electron chi connectivity index (χ3n) is 7.34. The Morgan fingerprint density at radius 2 is 1.88 bits per heavy atom. The highest BCUT2D eigenvalue weighted by Gasteiger charge is 2.58. The Morgan fingerprint density at radius 1 is 1.03 bits per heavy atom. The van der Waals surface area contributed by atoms with Crippen molar-refractivity contribution in [3.05, 3.63) is 66.5 Å². The third-order valence-corrected chi connectivity index (χ3v) is 7.34. The number of allylic oxidation sites excluding steroid dienone is 2. The van der Waals surface area contributed by atoms with Crippen LogP contribution in [0.3, 0.4) is 0 Å². The fourth-order valence-corrected chi connectivity index (χ4v) is 5.64. The first kappa shape index (κ1) is 19.7.